The molecule has 1 atom stereocenters. The maximum absolute atomic E-state index is 5.32. The second-order valence-corrected chi connectivity index (χ2v) is 4.08. The lowest BCUT2D eigenvalue weighted by atomic mass is 10.1. The standard InChI is InChI=1S/C11H16BrNO/c1-4-13-8(2)10-6-5-9(12)7-11(10)14-3/h5-8,13H,4H2,1-3H3. The first-order valence-corrected chi connectivity index (χ1v) is 5.55. The summed E-state index contributed by atoms with van der Waals surface area (Å²) in [6.07, 6.45) is 0. The Morgan fingerprint density at radius 2 is 2.21 bits per heavy atom. The van der Waals surface area contributed by atoms with E-state index in [1.807, 2.05) is 12.1 Å². The normalized spacial score (nSPS) is 12.6. The van der Waals surface area contributed by atoms with E-state index in [1.165, 1.54) is 5.56 Å². The fraction of sp³-hybridized carbons (Fsp3) is 0.455. The van der Waals surface area contributed by atoms with E-state index in [2.05, 4.69) is 41.2 Å². The lowest BCUT2D eigenvalue weighted by Gasteiger charge is -2.16. The second kappa shape index (κ2) is 5.37. The van der Waals surface area contributed by atoms with Gasteiger partial charge in [-0.15, -0.1) is 0 Å². The average molecular weight is 258 g/mol. The third-order valence-electron chi connectivity index (χ3n) is 2.17. The molecule has 3 heteroatoms. The first-order chi connectivity index (χ1) is 6.69. The fourth-order valence-electron chi connectivity index (χ4n) is 1.46. The summed E-state index contributed by atoms with van der Waals surface area (Å²) in [5.41, 5.74) is 1.19. The number of nitrogens with one attached hydrogen (secondary N) is 1. The van der Waals surface area contributed by atoms with Gasteiger partial charge in [-0.3, -0.25) is 0 Å². The summed E-state index contributed by atoms with van der Waals surface area (Å²) in [5.74, 6) is 0.924. The molecule has 14 heavy (non-hydrogen) atoms. The molecule has 0 radical (unpaired) electrons. The molecular formula is C11H16BrNO. The summed E-state index contributed by atoms with van der Waals surface area (Å²) in [7, 11) is 1.70. The van der Waals surface area contributed by atoms with Crippen molar-refractivity contribution in [3.63, 3.8) is 0 Å². The van der Waals surface area contributed by atoms with Gasteiger partial charge in [0, 0.05) is 16.1 Å². The van der Waals surface area contributed by atoms with Gasteiger partial charge < -0.3 is 10.1 Å². The SMILES string of the molecule is CCNC(C)c1ccc(Br)cc1OC. The monoisotopic (exact) mass is 257 g/mol. The van der Waals surface area contributed by atoms with Crippen LogP contribution in [0.15, 0.2) is 22.7 Å². The van der Waals surface area contributed by atoms with E-state index in [9.17, 15) is 0 Å². The lowest BCUT2D eigenvalue weighted by molar-refractivity contribution is 0.402. The average Bonchev–Trinajstić information content (AvgIpc) is 2.17. The summed E-state index contributed by atoms with van der Waals surface area (Å²) in [4.78, 5) is 0. The zero-order chi connectivity index (χ0) is 10.6. The predicted octanol–water partition coefficient (Wildman–Crippen LogP) is 3.13. The minimum absolute atomic E-state index is 0.322. The van der Waals surface area contributed by atoms with Gasteiger partial charge in [0.05, 0.1) is 7.11 Å². The number of halogens is 1. The quantitative estimate of drug-likeness (QED) is 0.895. The van der Waals surface area contributed by atoms with Crippen molar-refractivity contribution in [1.29, 1.82) is 0 Å². The van der Waals surface area contributed by atoms with Crippen LogP contribution in [0, 0.1) is 0 Å². The number of ether oxygens (including phenoxy) is 1. The maximum Gasteiger partial charge on any atom is 0.124 e. The van der Waals surface area contributed by atoms with Gasteiger partial charge in [-0.25, -0.2) is 0 Å². The van der Waals surface area contributed by atoms with Gasteiger partial charge in [0.25, 0.3) is 0 Å². The van der Waals surface area contributed by atoms with Crippen molar-refractivity contribution in [3.8, 4) is 5.75 Å². The molecule has 0 heterocycles. The molecule has 0 amide bonds. The Morgan fingerprint density at radius 3 is 2.79 bits per heavy atom. The third-order valence-corrected chi connectivity index (χ3v) is 2.67. The zero-order valence-corrected chi connectivity index (χ0v) is 10.4. The Balaban J connectivity index is 2.95. The molecule has 78 valence electrons. The van der Waals surface area contributed by atoms with Crippen LogP contribution >= 0.6 is 15.9 Å². The van der Waals surface area contributed by atoms with Crippen LogP contribution in [0.2, 0.25) is 0 Å². The van der Waals surface area contributed by atoms with Crippen LogP contribution in [0.3, 0.4) is 0 Å². The smallest absolute Gasteiger partial charge is 0.124 e. The highest BCUT2D eigenvalue weighted by Crippen LogP contribution is 2.28. The Morgan fingerprint density at radius 1 is 1.50 bits per heavy atom. The van der Waals surface area contributed by atoms with Crippen molar-refractivity contribution >= 4 is 15.9 Å². The Hall–Kier alpha value is -0.540. The van der Waals surface area contributed by atoms with Gasteiger partial charge in [-0.05, 0) is 25.6 Å². The second-order valence-electron chi connectivity index (χ2n) is 3.17. The Labute approximate surface area is 93.8 Å². The largest absolute Gasteiger partial charge is 0.496 e. The summed E-state index contributed by atoms with van der Waals surface area (Å²) >= 11 is 3.42. The highest BCUT2D eigenvalue weighted by atomic mass is 79.9. The summed E-state index contributed by atoms with van der Waals surface area (Å²) in [6.45, 7) is 5.19. The van der Waals surface area contributed by atoms with E-state index in [4.69, 9.17) is 4.74 Å². The summed E-state index contributed by atoms with van der Waals surface area (Å²) in [6, 6.07) is 6.42. The number of methoxy groups -OCH3 is 1. The lowest BCUT2D eigenvalue weighted by Crippen LogP contribution is -2.18. The number of hydrogen-bond acceptors (Lipinski definition) is 2. The first kappa shape index (κ1) is 11.5. The van der Waals surface area contributed by atoms with Crippen molar-refractivity contribution in [1.82, 2.24) is 5.32 Å². The number of benzene rings is 1. The summed E-state index contributed by atoms with van der Waals surface area (Å²) in [5, 5.41) is 3.36. The minimum Gasteiger partial charge on any atom is -0.496 e. The molecule has 0 aliphatic rings. The third kappa shape index (κ3) is 2.72. The van der Waals surface area contributed by atoms with Crippen LogP contribution in [0.4, 0.5) is 0 Å². The molecule has 1 N–H and O–H groups in total. The zero-order valence-electron chi connectivity index (χ0n) is 8.80. The number of hydrogen-bond donors (Lipinski definition) is 1. The maximum atomic E-state index is 5.32. The molecule has 0 aliphatic heterocycles. The van der Waals surface area contributed by atoms with Crippen molar-refractivity contribution in [2.45, 2.75) is 19.9 Å². The molecule has 1 aromatic rings. The molecule has 0 saturated carbocycles. The van der Waals surface area contributed by atoms with E-state index in [0.717, 1.165) is 16.8 Å². The highest BCUT2D eigenvalue weighted by molar-refractivity contribution is 9.10. The molecule has 1 rings (SSSR count). The highest BCUT2D eigenvalue weighted by Gasteiger charge is 2.09. The van der Waals surface area contributed by atoms with Crippen molar-refractivity contribution in [2.24, 2.45) is 0 Å². The Bertz CT molecular complexity index is 301. The van der Waals surface area contributed by atoms with Crippen molar-refractivity contribution in [2.75, 3.05) is 13.7 Å². The fourth-order valence-corrected chi connectivity index (χ4v) is 1.80. The van der Waals surface area contributed by atoms with Crippen LogP contribution in [-0.2, 0) is 0 Å². The molecule has 0 bridgehead atoms. The molecule has 0 spiro atoms. The molecule has 2 nitrogen and oxygen atoms in total. The van der Waals surface area contributed by atoms with E-state index < -0.39 is 0 Å². The molecule has 1 unspecified atom stereocenters. The van der Waals surface area contributed by atoms with E-state index in [0.29, 0.717) is 6.04 Å². The molecular weight excluding hydrogens is 242 g/mol. The van der Waals surface area contributed by atoms with Gasteiger partial charge in [-0.1, -0.05) is 28.9 Å². The van der Waals surface area contributed by atoms with Gasteiger partial charge in [0.2, 0.25) is 0 Å². The summed E-state index contributed by atoms with van der Waals surface area (Å²) < 4.78 is 6.37. The predicted molar refractivity (Wildman–Crippen MR) is 62.8 cm³/mol. The van der Waals surface area contributed by atoms with Gasteiger partial charge >= 0.3 is 0 Å². The van der Waals surface area contributed by atoms with E-state index in [1.54, 1.807) is 7.11 Å². The van der Waals surface area contributed by atoms with Crippen LogP contribution in [0.25, 0.3) is 0 Å². The van der Waals surface area contributed by atoms with Gasteiger partial charge in [0.1, 0.15) is 5.75 Å². The van der Waals surface area contributed by atoms with Crippen LogP contribution in [0.1, 0.15) is 25.5 Å². The molecule has 0 aliphatic carbocycles. The van der Waals surface area contributed by atoms with Gasteiger partial charge in [-0.2, -0.15) is 0 Å². The van der Waals surface area contributed by atoms with Crippen molar-refractivity contribution in [3.05, 3.63) is 28.2 Å². The van der Waals surface area contributed by atoms with E-state index >= 15 is 0 Å². The molecule has 0 saturated heterocycles. The van der Waals surface area contributed by atoms with Crippen LogP contribution in [0.5, 0.6) is 5.75 Å². The molecule has 1 aromatic carbocycles. The Kier molecular flexibility index (Phi) is 4.42. The first-order valence-electron chi connectivity index (χ1n) is 4.75. The minimum atomic E-state index is 0.322. The van der Waals surface area contributed by atoms with Crippen molar-refractivity contribution < 1.29 is 4.74 Å². The topological polar surface area (TPSA) is 21.3 Å². The van der Waals surface area contributed by atoms with Gasteiger partial charge in [0.15, 0.2) is 0 Å². The van der Waals surface area contributed by atoms with E-state index in [-0.39, 0.29) is 0 Å². The molecule has 0 fully saturated rings. The molecule has 0 aromatic heterocycles. The van der Waals surface area contributed by atoms with Crippen LogP contribution in [-0.4, -0.2) is 13.7 Å². The number of rotatable bonds is 4. The van der Waals surface area contributed by atoms with Crippen LogP contribution < -0.4 is 10.1 Å².